The number of anilines is 2. The van der Waals surface area contributed by atoms with Crippen molar-refractivity contribution in [3.8, 4) is 0 Å². The van der Waals surface area contributed by atoms with Gasteiger partial charge < -0.3 is 15.6 Å². The molecular weight excluding hydrogens is 256 g/mol. The van der Waals surface area contributed by atoms with Crippen molar-refractivity contribution in [2.24, 2.45) is 11.8 Å². The second kappa shape index (κ2) is 7.64. The lowest BCUT2D eigenvalue weighted by Gasteiger charge is -2.24. The minimum atomic E-state index is -0.122. The molecule has 1 aromatic heterocycles. The molecule has 0 aliphatic carbocycles. The van der Waals surface area contributed by atoms with Crippen molar-refractivity contribution in [2.45, 2.75) is 26.7 Å². The number of rotatable bonds is 7. The van der Waals surface area contributed by atoms with Crippen molar-refractivity contribution in [3.05, 3.63) is 11.9 Å². The molecule has 20 heavy (non-hydrogen) atoms. The summed E-state index contributed by atoms with van der Waals surface area (Å²) in [6.07, 6.45) is 3.27. The van der Waals surface area contributed by atoms with E-state index in [4.69, 9.17) is 5.84 Å². The maximum absolute atomic E-state index is 11.6. The van der Waals surface area contributed by atoms with Crippen molar-refractivity contribution in [1.29, 1.82) is 0 Å². The fourth-order valence-electron chi connectivity index (χ4n) is 2.16. The molecule has 112 valence electrons. The van der Waals surface area contributed by atoms with Crippen LogP contribution in [0.1, 0.15) is 25.8 Å². The van der Waals surface area contributed by atoms with Crippen LogP contribution in [-0.2, 0) is 11.2 Å². The highest BCUT2D eigenvalue weighted by atomic mass is 16.1. The number of nitrogen functional groups attached to an aromatic ring is 1. The van der Waals surface area contributed by atoms with Crippen LogP contribution in [0.15, 0.2) is 6.33 Å². The predicted molar refractivity (Wildman–Crippen MR) is 80.3 cm³/mol. The van der Waals surface area contributed by atoms with Crippen LogP contribution in [-0.4, -0.2) is 36.5 Å². The number of carbonyl (C=O) groups is 1. The lowest BCUT2D eigenvalue weighted by atomic mass is 10.1. The molecule has 0 aliphatic heterocycles. The third-order valence-corrected chi connectivity index (χ3v) is 3.16. The number of hydrogen-bond acceptors (Lipinski definition) is 6. The van der Waals surface area contributed by atoms with Gasteiger partial charge >= 0.3 is 0 Å². The van der Waals surface area contributed by atoms with Gasteiger partial charge in [-0.1, -0.05) is 20.3 Å². The number of nitrogens with one attached hydrogen (secondary N) is 2. The Morgan fingerprint density at radius 1 is 1.50 bits per heavy atom. The van der Waals surface area contributed by atoms with Crippen LogP contribution in [0.3, 0.4) is 0 Å². The van der Waals surface area contributed by atoms with Gasteiger partial charge in [-0.05, 0) is 6.42 Å². The Morgan fingerprint density at radius 2 is 2.20 bits per heavy atom. The first kappa shape index (κ1) is 16.2. The van der Waals surface area contributed by atoms with E-state index in [1.54, 1.807) is 7.05 Å². The van der Waals surface area contributed by atoms with Crippen LogP contribution < -0.4 is 21.5 Å². The fourth-order valence-corrected chi connectivity index (χ4v) is 2.16. The van der Waals surface area contributed by atoms with Gasteiger partial charge in [-0.25, -0.2) is 15.8 Å². The number of nitrogens with two attached hydrogens (primary N) is 1. The SMILES string of the molecule is CCCc1c(NN)ncnc1N(C)CC(C)C(=O)NC. The van der Waals surface area contributed by atoms with E-state index < -0.39 is 0 Å². The number of amides is 1. The quantitative estimate of drug-likeness (QED) is 0.498. The fraction of sp³-hybridized carbons (Fsp3) is 0.615. The monoisotopic (exact) mass is 280 g/mol. The van der Waals surface area contributed by atoms with Crippen molar-refractivity contribution >= 4 is 17.5 Å². The summed E-state index contributed by atoms with van der Waals surface area (Å²) in [6, 6.07) is 0. The van der Waals surface area contributed by atoms with Gasteiger partial charge in [-0.2, -0.15) is 0 Å². The number of nitrogens with zero attached hydrogens (tertiary/aromatic N) is 3. The van der Waals surface area contributed by atoms with E-state index in [1.165, 1.54) is 6.33 Å². The van der Waals surface area contributed by atoms with E-state index in [1.807, 2.05) is 18.9 Å². The number of hydrazine groups is 1. The maximum atomic E-state index is 11.6. The molecule has 7 heteroatoms. The Bertz CT molecular complexity index is 450. The molecule has 1 aromatic rings. The van der Waals surface area contributed by atoms with Crippen LogP contribution in [0.4, 0.5) is 11.6 Å². The summed E-state index contributed by atoms with van der Waals surface area (Å²) in [5.74, 6) is 6.84. The molecule has 0 aromatic carbocycles. The Morgan fingerprint density at radius 3 is 2.75 bits per heavy atom. The Labute approximate surface area is 119 Å². The number of carbonyl (C=O) groups excluding carboxylic acids is 1. The van der Waals surface area contributed by atoms with Crippen molar-refractivity contribution < 1.29 is 4.79 Å². The van der Waals surface area contributed by atoms with Crippen LogP contribution in [0.25, 0.3) is 0 Å². The average molecular weight is 280 g/mol. The third kappa shape index (κ3) is 3.80. The molecule has 1 amide bonds. The molecule has 4 N–H and O–H groups in total. The second-order valence-electron chi connectivity index (χ2n) is 4.81. The summed E-state index contributed by atoms with van der Waals surface area (Å²) in [7, 11) is 3.56. The van der Waals surface area contributed by atoms with E-state index >= 15 is 0 Å². The van der Waals surface area contributed by atoms with E-state index in [0.717, 1.165) is 24.2 Å². The molecule has 1 rings (SSSR count). The normalized spacial score (nSPS) is 11.8. The van der Waals surface area contributed by atoms with Crippen molar-refractivity contribution in [3.63, 3.8) is 0 Å². The molecule has 0 saturated carbocycles. The summed E-state index contributed by atoms with van der Waals surface area (Å²) in [6.45, 7) is 4.56. The number of hydrogen-bond donors (Lipinski definition) is 3. The molecule has 7 nitrogen and oxygen atoms in total. The second-order valence-corrected chi connectivity index (χ2v) is 4.81. The van der Waals surface area contributed by atoms with Gasteiger partial charge in [-0.15, -0.1) is 0 Å². The van der Waals surface area contributed by atoms with Gasteiger partial charge in [0.05, 0.1) is 5.92 Å². The molecule has 0 spiro atoms. The first-order valence-electron chi connectivity index (χ1n) is 6.78. The van der Waals surface area contributed by atoms with Crippen LogP contribution >= 0.6 is 0 Å². The maximum Gasteiger partial charge on any atom is 0.224 e. The molecule has 0 radical (unpaired) electrons. The topological polar surface area (TPSA) is 96.2 Å². The van der Waals surface area contributed by atoms with Gasteiger partial charge in [0, 0.05) is 26.2 Å². The molecular formula is C13H24N6O. The summed E-state index contributed by atoms with van der Waals surface area (Å²) >= 11 is 0. The average Bonchev–Trinajstić information content (AvgIpc) is 2.46. The van der Waals surface area contributed by atoms with Gasteiger partial charge in [0.15, 0.2) is 0 Å². The predicted octanol–water partition coefficient (Wildman–Crippen LogP) is 0.533. The minimum absolute atomic E-state index is 0.0140. The highest BCUT2D eigenvalue weighted by Crippen LogP contribution is 2.24. The zero-order chi connectivity index (χ0) is 15.1. The van der Waals surface area contributed by atoms with Crippen LogP contribution in [0.2, 0.25) is 0 Å². The Hall–Kier alpha value is -1.89. The molecule has 0 saturated heterocycles. The summed E-state index contributed by atoms with van der Waals surface area (Å²) in [4.78, 5) is 22.0. The number of aromatic nitrogens is 2. The zero-order valence-electron chi connectivity index (χ0n) is 12.6. The summed E-state index contributed by atoms with van der Waals surface area (Å²) < 4.78 is 0. The van der Waals surface area contributed by atoms with Gasteiger partial charge in [0.2, 0.25) is 5.91 Å². The molecule has 0 fully saturated rings. The molecule has 0 aliphatic rings. The van der Waals surface area contributed by atoms with E-state index in [0.29, 0.717) is 12.4 Å². The van der Waals surface area contributed by atoms with Gasteiger partial charge in [0.25, 0.3) is 0 Å². The highest BCUT2D eigenvalue weighted by molar-refractivity contribution is 5.78. The lowest BCUT2D eigenvalue weighted by Crippen LogP contribution is -2.35. The summed E-state index contributed by atoms with van der Waals surface area (Å²) in [5, 5.41) is 2.65. The minimum Gasteiger partial charge on any atom is -0.359 e. The summed E-state index contributed by atoms with van der Waals surface area (Å²) in [5.41, 5.74) is 3.58. The highest BCUT2D eigenvalue weighted by Gasteiger charge is 2.18. The Kier molecular flexibility index (Phi) is 6.17. The third-order valence-electron chi connectivity index (χ3n) is 3.16. The van der Waals surface area contributed by atoms with Gasteiger partial charge in [-0.3, -0.25) is 4.79 Å². The van der Waals surface area contributed by atoms with E-state index in [2.05, 4.69) is 27.6 Å². The lowest BCUT2D eigenvalue weighted by molar-refractivity contribution is -0.123. The molecule has 1 atom stereocenters. The zero-order valence-corrected chi connectivity index (χ0v) is 12.6. The molecule has 1 unspecified atom stereocenters. The molecule has 0 bridgehead atoms. The van der Waals surface area contributed by atoms with Crippen molar-refractivity contribution in [1.82, 2.24) is 15.3 Å². The first-order chi connectivity index (χ1) is 9.54. The van der Waals surface area contributed by atoms with E-state index in [-0.39, 0.29) is 11.8 Å². The first-order valence-corrected chi connectivity index (χ1v) is 6.78. The smallest absolute Gasteiger partial charge is 0.224 e. The standard InChI is InChI=1S/C13H24N6O/c1-5-6-10-11(18-14)16-8-17-12(10)19(4)7-9(2)13(20)15-3/h8-9H,5-7,14H2,1-4H3,(H,15,20)(H,16,17,18). The van der Waals surface area contributed by atoms with Crippen LogP contribution in [0, 0.1) is 5.92 Å². The molecule has 1 heterocycles. The van der Waals surface area contributed by atoms with E-state index in [9.17, 15) is 4.79 Å². The Balaban J connectivity index is 2.96. The van der Waals surface area contributed by atoms with Crippen LogP contribution in [0.5, 0.6) is 0 Å². The largest absolute Gasteiger partial charge is 0.359 e. The van der Waals surface area contributed by atoms with Gasteiger partial charge in [0.1, 0.15) is 18.0 Å². The van der Waals surface area contributed by atoms with Crippen molar-refractivity contribution in [2.75, 3.05) is 31.0 Å².